The molecule has 0 saturated carbocycles. The summed E-state index contributed by atoms with van der Waals surface area (Å²) < 4.78 is 4.80. The van der Waals surface area contributed by atoms with Crippen molar-refractivity contribution in [3.8, 4) is 0 Å². The molecule has 0 aromatic heterocycles. The minimum Gasteiger partial charge on any atom is -0.497 e. The zero-order chi connectivity index (χ0) is 6.24. The van der Waals surface area contributed by atoms with Crippen LogP contribution in [0.2, 0.25) is 0 Å². The minimum absolute atomic E-state index is 0.733. The Balaban J connectivity index is 0.000000222. The summed E-state index contributed by atoms with van der Waals surface area (Å²) >= 11 is 0. The van der Waals surface area contributed by atoms with Gasteiger partial charge in [-0.15, -0.1) is 0 Å². The number of nitrogens with two attached hydrogens (primary N) is 1. The van der Waals surface area contributed by atoms with Crippen LogP contribution in [-0.2, 0) is 4.74 Å². The van der Waals surface area contributed by atoms with E-state index in [2.05, 4.69) is 5.90 Å². The summed E-state index contributed by atoms with van der Waals surface area (Å²) in [5.74, 6) is 3.50. The van der Waals surface area contributed by atoms with Gasteiger partial charge in [-0.25, -0.2) is 5.90 Å². The van der Waals surface area contributed by atoms with Crippen molar-refractivity contribution in [3.63, 3.8) is 0 Å². The van der Waals surface area contributed by atoms with Crippen molar-refractivity contribution in [2.45, 2.75) is 0 Å². The highest BCUT2D eigenvalue weighted by Crippen LogP contribution is 1.87. The van der Waals surface area contributed by atoms with Gasteiger partial charge in [-0.1, -0.05) is 6.08 Å². The van der Waals surface area contributed by atoms with Crippen LogP contribution in [0, 0.1) is 0 Å². The zero-order valence-electron chi connectivity index (χ0n) is 4.45. The molecule has 8 heavy (non-hydrogen) atoms. The van der Waals surface area contributed by atoms with Crippen LogP contribution in [0.3, 0.4) is 0 Å². The Hall–Kier alpha value is -0.800. The van der Waals surface area contributed by atoms with E-state index >= 15 is 0 Å². The van der Waals surface area contributed by atoms with Gasteiger partial charge in [-0.3, -0.25) is 0 Å². The molecule has 0 radical (unpaired) electrons. The molecule has 0 aromatic carbocycles. The molecule has 1 aliphatic rings. The number of hydrogen-bond acceptors (Lipinski definition) is 3. The molecular weight excluding hydrogens is 106 g/mol. The molecule has 0 unspecified atom stereocenters. The second kappa shape index (κ2) is 6.20. The van der Waals surface area contributed by atoms with Gasteiger partial charge in [0.25, 0.3) is 0 Å². The van der Waals surface area contributed by atoms with E-state index in [9.17, 15) is 0 Å². The molecule has 1 rings (SSSR count). The molecule has 0 spiro atoms. The fourth-order valence-electron chi connectivity index (χ4n) is 0.346. The molecule has 1 aliphatic heterocycles. The molecule has 0 saturated heterocycles. The lowest BCUT2D eigenvalue weighted by Crippen LogP contribution is -1.82. The third-order valence-corrected chi connectivity index (χ3v) is 0.614. The molecule has 0 fully saturated rings. The molecule has 3 N–H and O–H groups in total. The number of ether oxygens (including phenoxy) is 1. The predicted octanol–water partition coefficient (Wildman–Crippen LogP) is 0.421. The van der Waals surface area contributed by atoms with Crippen LogP contribution in [-0.4, -0.2) is 11.8 Å². The van der Waals surface area contributed by atoms with Gasteiger partial charge < -0.3 is 9.94 Å². The summed E-state index contributed by atoms with van der Waals surface area (Å²) in [4.78, 5) is 0. The van der Waals surface area contributed by atoms with E-state index < -0.39 is 0 Å². The van der Waals surface area contributed by atoms with Crippen LogP contribution >= 0.6 is 0 Å². The molecule has 46 valence electrons. The van der Waals surface area contributed by atoms with Crippen molar-refractivity contribution in [2.75, 3.05) is 6.61 Å². The van der Waals surface area contributed by atoms with E-state index in [4.69, 9.17) is 9.94 Å². The molecule has 0 aliphatic carbocycles. The largest absolute Gasteiger partial charge is 0.497 e. The highest BCUT2D eigenvalue weighted by molar-refractivity contribution is 5.02. The smallest absolute Gasteiger partial charge is 0.106 e. The standard InChI is InChI=1S/C5H6O.H3NO/c1-2-4-6-5-3-1;1-2/h1-4H,5H2;2H,1H2. The third kappa shape index (κ3) is 3.39. The lowest BCUT2D eigenvalue weighted by atomic mass is 10.5. The summed E-state index contributed by atoms with van der Waals surface area (Å²) in [6.07, 6.45) is 7.47. The lowest BCUT2D eigenvalue weighted by Gasteiger charge is -1.94. The fourth-order valence-corrected chi connectivity index (χ4v) is 0.346. The minimum atomic E-state index is 0.733. The van der Waals surface area contributed by atoms with E-state index in [1.165, 1.54) is 0 Å². The Kier molecular flexibility index (Phi) is 5.58. The highest BCUT2D eigenvalue weighted by atomic mass is 16.5. The first-order valence-electron chi connectivity index (χ1n) is 2.19. The van der Waals surface area contributed by atoms with Crippen LogP contribution in [0.4, 0.5) is 0 Å². The second-order valence-corrected chi connectivity index (χ2v) is 1.09. The second-order valence-electron chi connectivity index (χ2n) is 1.09. The predicted molar refractivity (Wildman–Crippen MR) is 30.2 cm³/mol. The lowest BCUT2D eigenvalue weighted by molar-refractivity contribution is 0.286. The van der Waals surface area contributed by atoms with Gasteiger partial charge >= 0.3 is 0 Å². The Labute approximate surface area is 48.0 Å². The van der Waals surface area contributed by atoms with Crippen LogP contribution in [0.1, 0.15) is 0 Å². The van der Waals surface area contributed by atoms with Crippen LogP contribution in [0.25, 0.3) is 0 Å². The number of allylic oxidation sites excluding steroid dienone is 2. The Morgan fingerprint density at radius 1 is 1.38 bits per heavy atom. The number of hydrogen-bond donors (Lipinski definition) is 2. The topological polar surface area (TPSA) is 55.5 Å². The van der Waals surface area contributed by atoms with Crippen molar-refractivity contribution in [3.05, 3.63) is 24.5 Å². The maximum Gasteiger partial charge on any atom is 0.106 e. The van der Waals surface area contributed by atoms with Crippen molar-refractivity contribution in [2.24, 2.45) is 5.90 Å². The average molecular weight is 115 g/mol. The molecule has 0 bridgehead atoms. The first-order chi connectivity index (χ1) is 4.00. The van der Waals surface area contributed by atoms with Crippen LogP contribution in [0.15, 0.2) is 24.5 Å². The van der Waals surface area contributed by atoms with Crippen LogP contribution in [0.5, 0.6) is 0 Å². The van der Waals surface area contributed by atoms with Crippen molar-refractivity contribution < 1.29 is 9.94 Å². The fraction of sp³-hybridized carbons (Fsp3) is 0.200. The van der Waals surface area contributed by atoms with Gasteiger partial charge in [0.15, 0.2) is 0 Å². The molecule has 0 atom stereocenters. The monoisotopic (exact) mass is 115 g/mol. The number of rotatable bonds is 0. The molecule has 3 heteroatoms. The maximum absolute atomic E-state index is 6.50. The summed E-state index contributed by atoms with van der Waals surface area (Å²) in [7, 11) is 0. The van der Waals surface area contributed by atoms with Crippen molar-refractivity contribution in [1.29, 1.82) is 0 Å². The van der Waals surface area contributed by atoms with E-state index in [0.717, 1.165) is 6.61 Å². The highest BCUT2D eigenvalue weighted by Gasteiger charge is 1.75. The van der Waals surface area contributed by atoms with E-state index in [0.29, 0.717) is 0 Å². The molecule has 0 aromatic rings. The normalized spacial score (nSPS) is 13.8. The first-order valence-corrected chi connectivity index (χ1v) is 2.19. The molecular formula is C5H9NO2. The molecule has 0 amide bonds. The quantitative estimate of drug-likeness (QED) is 0.450. The van der Waals surface area contributed by atoms with E-state index in [1.54, 1.807) is 6.26 Å². The van der Waals surface area contributed by atoms with E-state index in [-0.39, 0.29) is 0 Å². The summed E-state index contributed by atoms with van der Waals surface area (Å²) in [5, 5.41) is 6.50. The Morgan fingerprint density at radius 2 is 2.12 bits per heavy atom. The molecule has 3 nitrogen and oxygen atoms in total. The first kappa shape index (κ1) is 7.20. The SMILES string of the molecule is C1=CCOC=C1.NO. The van der Waals surface area contributed by atoms with E-state index in [1.807, 2.05) is 18.2 Å². The summed E-state index contributed by atoms with van der Waals surface area (Å²) in [5.41, 5.74) is 0. The van der Waals surface area contributed by atoms with Gasteiger partial charge in [0.05, 0.1) is 6.26 Å². The average Bonchev–Trinajstić information content (AvgIpc) is 1.96. The van der Waals surface area contributed by atoms with Crippen LogP contribution < -0.4 is 5.90 Å². The van der Waals surface area contributed by atoms with Gasteiger partial charge in [0, 0.05) is 0 Å². The van der Waals surface area contributed by atoms with Gasteiger partial charge in [-0.05, 0) is 12.2 Å². The van der Waals surface area contributed by atoms with Crippen molar-refractivity contribution in [1.82, 2.24) is 0 Å². The maximum atomic E-state index is 6.50. The Bertz CT molecular complexity index is 76.4. The molecule has 1 heterocycles. The summed E-state index contributed by atoms with van der Waals surface area (Å²) in [6.45, 7) is 0.733. The van der Waals surface area contributed by atoms with Gasteiger partial charge in [0.1, 0.15) is 6.61 Å². The Morgan fingerprint density at radius 3 is 2.25 bits per heavy atom. The van der Waals surface area contributed by atoms with Gasteiger partial charge in [-0.2, -0.15) is 0 Å². The summed E-state index contributed by atoms with van der Waals surface area (Å²) in [6, 6.07) is 0. The zero-order valence-corrected chi connectivity index (χ0v) is 4.45. The van der Waals surface area contributed by atoms with Gasteiger partial charge in [0.2, 0.25) is 0 Å². The van der Waals surface area contributed by atoms with Crippen molar-refractivity contribution >= 4 is 0 Å². The third-order valence-electron chi connectivity index (χ3n) is 0.614.